The number of nitrogens with zero attached hydrogens (tertiary/aromatic N) is 5. The van der Waals surface area contributed by atoms with Crippen LogP contribution in [0.5, 0.6) is 0 Å². The molecule has 326 valence electrons. The molecule has 62 heavy (non-hydrogen) atoms. The van der Waals surface area contributed by atoms with E-state index in [9.17, 15) is 14.4 Å². The van der Waals surface area contributed by atoms with Gasteiger partial charge >= 0.3 is 6.09 Å². The standard InChI is InChI=1S/C47H57N9O6/c1-25(2)37(50-27(5)60-7)41(57)55-23-29-15-17-46(55,19-29)43-48-21-35(52-43)32-11-9-31(10-12-32)33-13-14-34(40-39(33)51-28(6)62-40)36-22-49-44(53-36)47-18-16-30(20-47)24-56(47)42(58)38(26(3)4)54-45(59)61-8/h9-14,21-22,25-26,29-30,37-38,50H,5,15-20,23-24H2,1-4,6-8H3,(H,48,52)(H,49,53)(H,54,59)/t29-,30-,37+,38+,46+,47+/m1/s1. The number of imidazole rings is 2. The van der Waals surface area contributed by atoms with E-state index in [-0.39, 0.29) is 23.7 Å². The lowest BCUT2D eigenvalue weighted by molar-refractivity contribution is -0.141. The Bertz CT molecular complexity index is 2540. The summed E-state index contributed by atoms with van der Waals surface area (Å²) < 4.78 is 16.4. The zero-order chi connectivity index (χ0) is 43.7. The number of carbonyl (C=O) groups excluding carboxylic acids is 3. The Balaban J connectivity index is 0.965. The van der Waals surface area contributed by atoms with Gasteiger partial charge < -0.3 is 44.3 Å². The summed E-state index contributed by atoms with van der Waals surface area (Å²) in [5, 5.41) is 5.96. The lowest BCUT2D eigenvalue weighted by Crippen LogP contribution is -2.56. The van der Waals surface area contributed by atoms with Crippen molar-refractivity contribution in [3.8, 4) is 33.6 Å². The Kier molecular flexibility index (Phi) is 10.4. The molecule has 2 aliphatic carbocycles. The minimum atomic E-state index is -0.716. The molecule has 9 rings (SSSR count). The van der Waals surface area contributed by atoms with Crippen molar-refractivity contribution in [2.24, 2.45) is 23.7 Å². The lowest BCUT2D eigenvalue weighted by Gasteiger charge is -2.40. The number of amides is 3. The highest BCUT2D eigenvalue weighted by molar-refractivity contribution is 5.99. The number of rotatable bonds is 13. The second-order valence-corrected chi connectivity index (χ2v) is 18.4. The number of carbonyl (C=O) groups is 3. The van der Waals surface area contributed by atoms with Gasteiger partial charge in [0.05, 0.1) is 25.6 Å². The van der Waals surface area contributed by atoms with Gasteiger partial charge in [-0.2, -0.15) is 0 Å². The van der Waals surface area contributed by atoms with Crippen molar-refractivity contribution in [2.75, 3.05) is 27.3 Å². The molecule has 2 saturated heterocycles. The average Bonchev–Trinajstić information content (AvgIpc) is 4.13. The number of nitrogens with one attached hydrogen (secondary N) is 4. The number of likely N-dealkylation sites (tertiary alicyclic amines) is 2. The number of hydrogen-bond donors (Lipinski definition) is 4. The van der Waals surface area contributed by atoms with E-state index >= 15 is 0 Å². The van der Waals surface area contributed by atoms with Crippen LogP contribution in [-0.2, 0) is 30.1 Å². The third-order valence-corrected chi connectivity index (χ3v) is 14.0. The topological polar surface area (TPSA) is 184 Å². The van der Waals surface area contributed by atoms with Crippen LogP contribution in [0.25, 0.3) is 44.7 Å². The molecular formula is C47H57N9O6. The molecule has 4 aliphatic rings. The molecule has 3 amide bonds. The normalized spacial score (nSPS) is 23.7. The molecule has 4 bridgehead atoms. The fourth-order valence-electron chi connectivity index (χ4n) is 10.8. The van der Waals surface area contributed by atoms with E-state index in [1.54, 1.807) is 7.11 Å². The Labute approximate surface area is 361 Å². The van der Waals surface area contributed by atoms with Crippen molar-refractivity contribution in [3.63, 3.8) is 0 Å². The third kappa shape index (κ3) is 6.80. The first-order valence-electron chi connectivity index (χ1n) is 21.8. The number of aromatic nitrogens is 5. The minimum Gasteiger partial charge on any atom is -0.483 e. The van der Waals surface area contributed by atoms with E-state index < -0.39 is 29.3 Å². The number of piperidine rings is 2. The number of alkyl carbamates (subject to hydrolysis) is 1. The minimum absolute atomic E-state index is 0.0392. The zero-order valence-corrected chi connectivity index (χ0v) is 36.6. The highest BCUT2D eigenvalue weighted by Gasteiger charge is 2.58. The number of ether oxygens (including phenoxy) is 2. The highest BCUT2D eigenvalue weighted by Crippen LogP contribution is 2.54. The van der Waals surface area contributed by atoms with Crippen molar-refractivity contribution in [3.05, 3.63) is 78.8 Å². The second-order valence-electron chi connectivity index (χ2n) is 18.4. The number of aromatic amines is 2. The maximum absolute atomic E-state index is 14.1. The maximum atomic E-state index is 14.1. The predicted octanol–water partition coefficient (Wildman–Crippen LogP) is 7.37. The van der Waals surface area contributed by atoms with Crippen LogP contribution in [0.2, 0.25) is 0 Å². The van der Waals surface area contributed by atoms with E-state index in [2.05, 4.69) is 57.5 Å². The molecule has 0 radical (unpaired) electrons. The van der Waals surface area contributed by atoms with Gasteiger partial charge in [0.15, 0.2) is 17.4 Å². The van der Waals surface area contributed by atoms with Crippen LogP contribution >= 0.6 is 0 Å². The molecule has 0 spiro atoms. The van der Waals surface area contributed by atoms with E-state index in [1.807, 2.05) is 62.9 Å². The van der Waals surface area contributed by atoms with Crippen LogP contribution in [0.15, 0.2) is 65.7 Å². The summed E-state index contributed by atoms with van der Waals surface area (Å²) >= 11 is 0. The van der Waals surface area contributed by atoms with Crippen molar-refractivity contribution in [1.82, 2.24) is 45.4 Å². The van der Waals surface area contributed by atoms with Gasteiger partial charge in [-0.25, -0.2) is 19.7 Å². The first kappa shape index (κ1) is 41.2. The lowest BCUT2D eigenvalue weighted by atomic mass is 9.93. The van der Waals surface area contributed by atoms with Crippen molar-refractivity contribution in [1.29, 1.82) is 0 Å². The van der Waals surface area contributed by atoms with Crippen LogP contribution in [0.3, 0.4) is 0 Å². The molecule has 5 aromatic rings. The second kappa shape index (κ2) is 15.7. The summed E-state index contributed by atoms with van der Waals surface area (Å²) in [6.07, 6.45) is 8.61. The molecule has 4 fully saturated rings. The van der Waals surface area contributed by atoms with E-state index in [1.165, 1.54) is 7.11 Å². The van der Waals surface area contributed by atoms with Gasteiger partial charge in [0.1, 0.15) is 40.3 Å². The monoisotopic (exact) mass is 843 g/mol. The number of benzene rings is 2. The Morgan fingerprint density at radius 2 is 1.29 bits per heavy atom. The largest absolute Gasteiger partial charge is 0.483 e. The van der Waals surface area contributed by atoms with E-state index in [0.717, 1.165) is 83.6 Å². The number of hydrogen-bond acceptors (Lipinski definition) is 10. The Hall–Kier alpha value is -6.12. The van der Waals surface area contributed by atoms with Crippen LogP contribution < -0.4 is 10.6 Å². The number of fused-ring (bicyclic) bond motifs is 5. The summed E-state index contributed by atoms with van der Waals surface area (Å²) in [5.41, 5.74) is 5.46. The van der Waals surface area contributed by atoms with Crippen molar-refractivity contribution < 1.29 is 28.3 Å². The molecular weight excluding hydrogens is 787 g/mol. The summed E-state index contributed by atoms with van der Waals surface area (Å²) in [5.74, 6) is 3.10. The van der Waals surface area contributed by atoms with Gasteiger partial charge in [0.2, 0.25) is 11.8 Å². The maximum Gasteiger partial charge on any atom is 0.407 e. The quantitative estimate of drug-likeness (QED) is 0.0874. The summed E-state index contributed by atoms with van der Waals surface area (Å²) in [7, 11) is 2.85. The van der Waals surface area contributed by atoms with Crippen LogP contribution in [0.1, 0.15) is 83.8 Å². The number of aryl methyl sites for hydroxylation is 1. The predicted molar refractivity (Wildman–Crippen MR) is 233 cm³/mol. The molecule has 15 heteroatoms. The summed E-state index contributed by atoms with van der Waals surface area (Å²) in [4.78, 5) is 66.4. The molecule has 2 saturated carbocycles. The first-order chi connectivity index (χ1) is 29.7. The van der Waals surface area contributed by atoms with Gasteiger partial charge in [-0.1, -0.05) is 58.0 Å². The Morgan fingerprint density at radius 1 is 0.758 bits per heavy atom. The van der Waals surface area contributed by atoms with Gasteiger partial charge in [0, 0.05) is 49.1 Å². The molecule has 15 nitrogen and oxygen atoms in total. The van der Waals surface area contributed by atoms with Gasteiger partial charge in [0.25, 0.3) is 0 Å². The van der Waals surface area contributed by atoms with Gasteiger partial charge in [-0.3, -0.25) is 9.59 Å². The highest BCUT2D eigenvalue weighted by atomic mass is 16.5. The average molecular weight is 844 g/mol. The summed E-state index contributed by atoms with van der Waals surface area (Å²) in [6.45, 7) is 15.0. The van der Waals surface area contributed by atoms with E-state index in [4.69, 9.17) is 28.8 Å². The fourth-order valence-corrected chi connectivity index (χ4v) is 10.8. The number of H-pyrrole nitrogens is 2. The molecule has 2 aliphatic heterocycles. The van der Waals surface area contributed by atoms with Crippen molar-refractivity contribution in [2.45, 2.75) is 96.3 Å². The molecule has 5 heterocycles. The van der Waals surface area contributed by atoms with Gasteiger partial charge in [-0.15, -0.1) is 0 Å². The molecule has 3 aromatic heterocycles. The molecule has 4 N–H and O–H groups in total. The van der Waals surface area contributed by atoms with Crippen molar-refractivity contribution >= 4 is 29.0 Å². The third-order valence-electron chi connectivity index (χ3n) is 14.0. The summed E-state index contributed by atoms with van der Waals surface area (Å²) in [6, 6.07) is 11.2. The smallest absolute Gasteiger partial charge is 0.407 e. The number of oxazole rings is 1. The molecule has 2 aromatic carbocycles. The number of methoxy groups -OCH3 is 2. The van der Waals surface area contributed by atoms with Crippen LogP contribution in [-0.4, -0.2) is 92.0 Å². The molecule has 6 atom stereocenters. The van der Waals surface area contributed by atoms with E-state index in [0.29, 0.717) is 48.0 Å². The zero-order valence-electron chi connectivity index (χ0n) is 36.6. The van der Waals surface area contributed by atoms with Gasteiger partial charge in [-0.05, 0) is 80.4 Å². The van der Waals surface area contributed by atoms with Crippen LogP contribution in [0, 0.1) is 30.6 Å². The fraction of sp³-hybridized carbons (Fsp3) is 0.489. The first-order valence-corrected chi connectivity index (χ1v) is 21.8. The molecule has 0 unspecified atom stereocenters. The SMILES string of the molecule is C=C(N[C@H](C(=O)N1C[C@@H]2CC[C@@]1(c1nc(-c3ccc(-c4ccc(-c5c[nH]c([C@@]67CC[C@@H](CN6C(=O)[C@@H](NC(=O)OC)C(C)C)C7)n5)c5oc(C)nc45)cc3)c[nH]1)C2)C(C)C)OC. The Morgan fingerprint density at radius 3 is 1.84 bits per heavy atom. The van der Waals surface area contributed by atoms with Crippen LogP contribution in [0.4, 0.5) is 4.79 Å².